The van der Waals surface area contributed by atoms with Gasteiger partial charge in [0.25, 0.3) is 0 Å². The van der Waals surface area contributed by atoms with E-state index < -0.39 is 0 Å². The molecule has 0 bridgehead atoms. The summed E-state index contributed by atoms with van der Waals surface area (Å²) in [4.78, 5) is 17.7. The molecule has 5 nitrogen and oxygen atoms in total. The van der Waals surface area contributed by atoms with Crippen molar-refractivity contribution < 1.29 is 9.53 Å². The number of carbonyl (C=O) groups excluding carboxylic acids is 1. The Labute approximate surface area is 172 Å². The van der Waals surface area contributed by atoms with Crippen LogP contribution in [0.1, 0.15) is 11.6 Å². The van der Waals surface area contributed by atoms with Gasteiger partial charge in [-0.2, -0.15) is 0 Å². The van der Waals surface area contributed by atoms with E-state index in [4.69, 9.17) is 4.74 Å². The van der Waals surface area contributed by atoms with E-state index in [0.717, 1.165) is 31.9 Å². The fraction of sp³-hybridized carbons (Fsp3) is 0.292. The van der Waals surface area contributed by atoms with Gasteiger partial charge >= 0.3 is 0 Å². The Morgan fingerprint density at radius 2 is 1.55 bits per heavy atom. The average molecular weight is 389 g/mol. The third-order valence-corrected chi connectivity index (χ3v) is 5.57. The molecule has 2 aromatic carbocycles. The van der Waals surface area contributed by atoms with Gasteiger partial charge in [-0.1, -0.05) is 30.3 Å². The normalized spacial score (nSPS) is 15.2. The van der Waals surface area contributed by atoms with Crippen molar-refractivity contribution in [1.29, 1.82) is 0 Å². The number of rotatable bonds is 6. The molecule has 0 radical (unpaired) electrons. The Balaban J connectivity index is 1.43. The van der Waals surface area contributed by atoms with Crippen LogP contribution in [0.25, 0.3) is 0 Å². The fourth-order valence-corrected chi connectivity index (χ4v) is 3.90. The molecule has 1 aliphatic heterocycles. The van der Waals surface area contributed by atoms with E-state index in [-0.39, 0.29) is 11.9 Å². The number of aromatic nitrogens is 1. The summed E-state index contributed by atoms with van der Waals surface area (Å²) in [5, 5.41) is 0. The van der Waals surface area contributed by atoms with Crippen LogP contribution in [0, 0.1) is 0 Å². The maximum absolute atomic E-state index is 13.4. The van der Waals surface area contributed by atoms with Crippen LogP contribution in [0.5, 0.6) is 5.75 Å². The van der Waals surface area contributed by atoms with E-state index in [0.29, 0.717) is 6.42 Å². The van der Waals surface area contributed by atoms with Crippen LogP contribution >= 0.6 is 0 Å². The van der Waals surface area contributed by atoms with Crippen LogP contribution in [-0.2, 0) is 11.2 Å². The van der Waals surface area contributed by atoms with Crippen molar-refractivity contribution >= 4 is 11.6 Å². The van der Waals surface area contributed by atoms with E-state index in [9.17, 15) is 4.79 Å². The number of carbonyl (C=O) groups is 1. The van der Waals surface area contributed by atoms with E-state index in [1.165, 1.54) is 11.3 Å². The van der Waals surface area contributed by atoms with Gasteiger partial charge in [0.05, 0.1) is 7.11 Å². The lowest BCUT2D eigenvalue weighted by atomic mass is 10.0. The number of nitrogens with zero attached hydrogens (tertiary/aromatic N) is 3. The van der Waals surface area contributed by atoms with Gasteiger partial charge in [0, 0.05) is 50.7 Å². The third kappa shape index (κ3) is 4.45. The first kappa shape index (κ1) is 19.1. The highest BCUT2D eigenvalue weighted by Crippen LogP contribution is 2.23. The molecule has 0 N–H and O–H groups in total. The minimum atomic E-state index is -0.208. The van der Waals surface area contributed by atoms with Crippen LogP contribution in [0.4, 0.5) is 5.69 Å². The quantitative estimate of drug-likeness (QED) is 0.646. The SMILES string of the molecule is COc1ccc(N2CCN(C(=O)[C@H](Cc3ccccc3)n3cccc3)CC2)cc1. The zero-order chi connectivity index (χ0) is 20.1. The minimum absolute atomic E-state index is 0.194. The summed E-state index contributed by atoms with van der Waals surface area (Å²) >= 11 is 0. The second-order valence-corrected chi connectivity index (χ2v) is 7.35. The second kappa shape index (κ2) is 8.86. The molecule has 1 aromatic heterocycles. The van der Waals surface area contributed by atoms with Crippen molar-refractivity contribution in [2.24, 2.45) is 0 Å². The number of amides is 1. The number of ether oxygens (including phenoxy) is 1. The van der Waals surface area contributed by atoms with Crippen molar-refractivity contribution in [3.05, 3.63) is 84.7 Å². The highest BCUT2D eigenvalue weighted by molar-refractivity contribution is 5.81. The van der Waals surface area contributed by atoms with Gasteiger partial charge in [-0.15, -0.1) is 0 Å². The van der Waals surface area contributed by atoms with Crippen LogP contribution in [0.2, 0.25) is 0 Å². The number of benzene rings is 2. The summed E-state index contributed by atoms with van der Waals surface area (Å²) in [6.45, 7) is 3.14. The standard InChI is InChI=1S/C24H27N3O2/c1-29-22-11-9-21(10-12-22)25-15-17-27(18-16-25)24(28)23(26-13-5-6-14-26)19-20-7-3-2-4-8-20/h2-14,23H,15-19H2,1H3/t23-/m0/s1. The highest BCUT2D eigenvalue weighted by Gasteiger charge is 2.28. The van der Waals surface area contributed by atoms with Crippen molar-refractivity contribution in [2.45, 2.75) is 12.5 Å². The predicted molar refractivity (Wildman–Crippen MR) is 115 cm³/mol. The first-order valence-corrected chi connectivity index (χ1v) is 10.1. The molecular formula is C24H27N3O2. The average Bonchev–Trinajstić information content (AvgIpc) is 3.32. The first-order valence-electron chi connectivity index (χ1n) is 10.1. The number of hydrogen-bond acceptors (Lipinski definition) is 3. The van der Waals surface area contributed by atoms with Crippen LogP contribution in [0.15, 0.2) is 79.1 Å². The Morgan fingerprint density at radius 1 is 0.897 bits per heavy atom. The Bertz CT molecular complexity index is 899. The maximum Gasteiger partial charge on any atom is 0.246 e. The molecule has 4 rings (SSSR count). The Hall–Kier alpha value is -3.21. The van der Waals surface area contributed by atoms with Crippen LogP contribution < -0.4 is 9.64 Å². The number of methoxy groups -OCH3 is 1. The fourth-order valence-electron chi connectivity index (χ4n) is 3.90. The summed E-state index contributed by atoms with van der Waals surface area (Å²) in [5.41, 5.74) is 2.35. The predicted octanol–water partition coefficient (Wildman–Crippen LogP) is 3.63. The molecule has 2 heterocycles. The monoisotopic (exact) mass is 389 g/mol. The van der Waals surface area contributed by atoms with Crippen LogP contribution in [-0.4, -0.2) is 48.7 Å². The van der Waals surface area contributed by atoms with E-state index in [1.807, 2.05) is 64.3 Å². The van der Waals surface area contributed by atoms with Gasteiger partial charge in [-0.25, -0.2) is 0 Å². The molecule has 1 fully saturated rings. The van der Waals surface area contributed by atoms with Gasteiger partial charge in [-0.3, -0.25) is 4.79 Å². The molecule has 5 heteroatoms. The molecule has 1 aliphatic rings. The summed E-state index contributed by atoms with van der Waals surface area (Å²) < 4.78 is 7.27. The Kier molecular flexibility index (Phi) is 5.84. The van der Waals surface area contributed by atoms with Gasteiger partial charge in [0.2, 0.25) is 5.91 Å². The van der Waals surface area contributed by atoms with Gasteiger partial charge in [0.15, 0.2) is 0 Å². The third-order valence-electron chi connectivity index (χ3n) is 5.57. The van der Waals surface area contributed by atoms with E-state index >= 15 is 0 Å². The summed E-state index contributed by atoms with van der Waals surface area (Å²) in [6.07, 6.45) is 4.67. The lowest BCUT2D eigenvalue weighted by Crippen LogP contribution is -2.50. The maximum atomic E-state index is 13.4. The molecule has 0 saturated carbocycles. The second-order valence-electron chi connectivity index (χ2n) is 7.35. The van der Waals surface area contributed by atoms with Crippen molar-refractivity contribution in [3.8, 4) is 5.75 Å². The number of anilines is 1. The summed E-state index contributed by atoms with van der Waals surface area (Å²) in [5.74, 6) is 1.05. The van der Waals surface area contributed by atoms with E-state index in [1.54, 1.807) is 7.11 Å². The van der Waals surface area contributed by atoms with Crippen molar-refractivity contribution in [3.63, 3.8) is 0 Å². The molecule has 0 unspecified atom stereocenters. The zero-order valence-electron chi connectivity index (χ0n) is 16.8. The molecule has 1 atom stereocenters. The molecule has 3 aromatic rings. The zero-order valence-corrected chi connectivity index (χ0v) is 16.8. The molecule has 0 spiro atoms. The molecule has 29 heavy (non-hydrogen) atoms. The summed E-state index contributed by atoms with van der Waals surface area (Å²) in [7, 11) is 1.68. The first-order chi connectivity index (χ1) is 14.2. The molecular weight excluding hydrogens is 362 g/mol. The molecule has 1 amide bonds. The minimum Gasteiger partial charge on any atom is -0.497 e. The molecule has 1 saturated heterocycles. The van der Waals surface area contributed by atoms with Gasteiger partial charge < -0.3 is 19.1 Å². The highest BCUT2D eigenvalue weighted by atomic mass is 16.5. The van der Waals surface area contributed by atoms with Gasteiger partial charge in [0.1, 0.15) is 11.8 Å². The smallest absolute Gasteiger partial charge is 0.246 e. The molecule has 0 aliphatic carbocycles. The Morgan fingerprint density at radius 3 is 2.17 bits per heavy atom. The number of hydrogen-bond donors (Lipinski definition) is 0. The lowest BCUT2D eigenvalue weighted by Gasteiger charge is -2.38. The number of piperazine rings is 1. The summed E-state index contributed by atoms with van der Waals surface area (Å²) in [6, 6.07) is 22.1. The lowest BCUT2D eigenvalue weighted by molar-refractivity contribution is -0.135. The molecule has 150 valence electrons. The largest absolute Gasteiger partial charge is 0.497 e. The van der Waals surface area contributed by atoms with E-state index in [2.05, 4.69) is 29.2 Å². The van der Waals surface area contributed by atoms with Gasteiger partial charge in [-0.05, 0) is 42.0 Å². The van der Waals surface area contributed by atoms with Crippen LogP contribution in [0.3, 0.4) is 0 Å². The van der Waals surface area contributed by atoms with Crippen molar-refractivity contribution in [1.82, 2.24) is 9.47 Å². The van der Waals surface area contributed by atoms with Crippen molar-refractivity contribution in [2.75, 3.05) is 38.2 Å². The topological polar surface area (TPSA) is 37.7 Å².